The predicted molar refractivity (Wildman–Crippen MR) is 96.2 cm³/mol. The van der Waals surface area contributed by atoms with E-state index in [0.717, 1.165) is 40.0 Å². The highest BCUT2D eigenvalue weighted by Gasteiger charge is 2.25. The first-order valence-corrected chi connectivity index (χ1v) is 8.07. The van der Waals surface area contributed by atoms with Crippen LogP contribution < -0.4 is 9.80 Å². The molecule has 4 rings (SSSR count). The number of benzene rings is 1. The Morgan fingerprint density at radius 3 is 2.83 bits per heavy atom. The summed E-state index contributed by atoms with van der Waals surface area (Å²) >= 11 is 6.12. The Labute approximate surface area is 145 Å². The molecule has 0 radical (unpaired) electrons. The van der Waals surface area contributed by atoms with Crippen molar-refractivity contribution in [3.8, 4) is 11.1 Å². The average Bonchev–Trinajstić information content (AvgIpc) is 2.91. The zero-order chi connectivity index (χ0) is 16.5. The lowest BCUT2D eigenvalue weighted by Gasteiger charge is -2.18. The van der Waals surface area contributed by atoms with Gasteiger partial charge in [0.05, 0.1) is 24.6 Å². The lowest BCUT2D eigenvalue weighted by molar-refractivity contribution is 0.779. The first-order valence-electron chi connectivity index (χ1n) is 7.69. The van der Waals surface area contributed by atoms with Crippen LogP contribution in [-0.2, 0) is 6.54 Å². The van der Waals surface area contributed by atoms with E-state index in [1.165, 1.54) is 0 Å². The molecule has 1 aliphatic heterocycles. The van der Waals surface area contributed by atoms with Crippen molar-refractivity contribution in [1.29, 1.82) is 0 Å². The number of hydrogen-bond acceptors (Lipinski definition) is 5. The van der Waals surface area contributed by atoms with Gasteiger partial charge in [-0.2, -0.15) is 10.2 Å². The van der Waals surface area contributed by atoms with Crippen molar-refractivity contribution in [2.75, 3.05) is 23.5 Å². The van der Waals surface area contributed by atoms with Crippen molar-refractivity contribution >= 4 is 23.1 Å². The second-order valence-electron chi connectivity index (χ2n) is 5.83. The summed E-state index contributed by atoms with van der Waals surface area (Å²) in [7, 11) is 2.04. The molecule has 0 N–H and O–H groups in total. The smallest absolute Gasteiger partial charge is 0.153 e. The van der Waals surface area contributed by atoms with Gasteiger partial charge in [0.1, 0.15) is 0 Å². The van der Waals surface area contributed by atoms with Gasteiger partial charge in [-0.3, -0.25) is 0 Å². The molecule has 24 heavy (non-hydrogen) atoms. The summed E-state index contributed by atoms with van der Waals surface area (Å²) in [6, 6.07) is 13.9. The van der Waals surface area contributed by atoms with E-state index in [1.54, 1.807) is 6.20 Å². The SMILES string of the molecule is CN1CN(Cc2cccnn2)c2cc(-c3cccc(Cl)c3)cnc21. The fourth-order valence-corrected chi connectivity index (χ4v) is 3.14. The minimum absolute atomic E-state index is 0.700. The van der Waals surface area contributed by atoms with Gasteiger partial charge in [0.25, 0.3) is 0 Å². The fourth-order valence-electron chi connectivity index (χ4n) is 2.95. The highest BCUT2D eigenvalue weighted by Crippen LogP contribution is 2.37. The molecule has 3 heterocycles. The largest absolute Gasteiger partial charge is 0.345 e. The molecule has 0 spiro atoms. The van der Waals surface area contributed by atoms with Crippen LogP contribution in [0.3, 0.4) is 0 Å². The van der Waals surface area contributed by atoms with Gasteiger partial charge in [0.2, 0.25) is 0 Å². The van der Waals surface area contributed by atoms with Crippen LogP contribution in [0.25, 0.3) is 11.1 Å². The Morgan fingerprint density at radius 2 is 2.04 bits per heavy atom. The third kappa shape index (κ3) is 2.78. The van der Waals surface area contributed by atoms with Crippen LogP contribution in [0.4, 0.5) is 11.5 Å². The van der Waals surface area contributed by atoms with Crippen LogP contribution in [0.5, 0.6) is 0 Å². The maximum Gasteiger partial charge on any atom is 0.153 e. The van der Waals surface area contributed by atoms with Gasteiger partial charge in [0.15, 0.2) is 5.82 Å². The molecule has 6 heteroatoms. The van der Waals surface area contributed by atoms with Crippen molar-refractivity contribution in [2.24, 2.45) is 0 Å². The summed E-state index contributed by atoms with van der Waals surface area (Å²) in [5, 5.41) is 8.86. The van der Waals surface area contributed by atoms with Crippen LogP contribution in [0.2, 0.25) is 5.02 Å². The maximum atomic E-state index is 6.12. The van der Waals surface area contributed by atoms with Gasteiger partial charge in [0, 0.05) is 30.0 Å². The quantitative estimate of drug-likeness (QED) is 0.730. The standard InChI is InChI=1S/C18H16ClN5/c1-23-12-24(11-16-6-3-7-21-22-16)17-9-14(10-20-18(17)23)13-4-2-5-15(19)8-13/h2-10H,11-12H2,1H3. The number of halogens is 1. The summed E-state index contributed by atoms with van der Waals surface area (Å²) < 4.78 is 0. The first kappa shape index (κ1) is 14.9. The van der Waals surface area contributed by atoms with E-state index in [2.05, 4.69) is 31.0 Å². The van der Waals surface area contributed by atoms with Gasteiger partial charge < -0.3 is 9.80 Å². The van der Waals surface area contributed by atoms with Crippen molar-refractivity contribution in [3.63, 3.8) is 0 Å². The molecule has 1 aromatic carbocycles. The minimum atomic E-state index is 0.700. The summed E-state index contributed by atoms with van der Waals surface area (Å²) in [6.45, 7) is 1.48. The zero-order valence-electron chi connectivity index (χ0n) is 13.2. The highest BCUT2D eigenvalue weighted by atomic mass is 35.5. The molecule has 0 amide bonds. The van der Waals surface area contributed by atoms with E-state index in [1.807, 2.05) is 49.6 Å². The van der Waals surface area contributed by atoms with Crippen LogP contribution in [0, 0.1) is 0 Å². The summed E-state index contributed by atoms with van der Waals surface area (Å²) in [5.74, 6) is 0.977. The molecule has 5 nitrogen and oxygen atoms in total. The monoisotopic (exact) mass is 337 g/mol. The summed E-state index contributed by atoms with van der Waals surface area (Å²) in [4.78, 5) is 9.03. The molecule has 0 fully saturated rings. The first-order chi connectivity index (χ1) is 11.7. The molecule has 0 bridgehead atoms. The Kier molecular flexibility index (Phi) is 3.78. The second kappa shape index (κ2) is 6.09. The number of nitrogens with zero attached hydrogens (tertiary/aromatic N) is 5. The van der Waals surface area contributed by atoms with Crippen molar-refractivity contribution in [1.82, 2.24) is 15.2 Å². The molecular formula is C18H16ClN5. The van der Waals surface area contributed by atoms with E-state index in [4.69, 9.17) is 11.6 Å². The number of pyridine rings is 1. The van der Waals surface area contributed by atoms with E-state index in [0.29, 0.717) is 6.54 Å². The summed E-state index contributed by atoms with van der Waals surface area (Å²) in [6.07, 6.45) is 3.58. The van der Waals surface area contributed by atoms with E-state index >= 15 is 0 Å². The molecular weight excluding hydrogens is 322 g/mol. The lowest BCUT2D eigenvalue weighted by atomic mass is 10.1. The molecule has 3 aromatic rings. The molecule has 2 aromatic heterocycles. The van der Waals surface area contributed by atoms with Crippen molar-refractivity contribution < 1.29 is 0 Å². The predicted octanol–water partition coefficient (Wildman–Crippen LogP) is 3.61. The number of anilines is 2. The van der Waals surface area contributed by atoms with Crippen LogP contribution in [0.15, 0.2) is 54.9 Å². The van der Waals surface area contributed by atoms with E-state index in [9.17, 15) is 0 Å². The number of hydrogen-bond donors (Lipinski definition) is 0. The molecule has 0 saturated carbocycles. The minimum Gasteiger partial charge on any atom is -0.345 e. The van der Waals surface area contributed by atoms with Crippen molar-refractivity contribution in [2.45, 2.75) is 6.54 Å². The van der Waals surface area contributed by atoms with E-state index in [-0.39, 0.29) is 0 Å². The number of aromatic nitrogens is 3. The van der Waals surface area contributed by atoms with Gasteiger partial charge in [-0.25, -0.2) is 4.98 Å². The van der Waals surface area contributed by atoms with Crippen LogP contribution in [-0.4, -0.2) is 28.9 Å². The highest BCUT2D eigenvalue weighted by molar-refractivity contribution is 6.30. The van der Waals surface area contributed by atoms with Gasteiger partial charge in [-0.05, 0) is 35.9 Å². The normalized spacial score (nSPS) is 13.2. The third-order valence-corrected chi connectivity index (χ3v) is 4.31. The van der Waals surface area contributed by atoms with Crippen molar-refractivity contribution in [3.05, 3.63) is 65.6 Å². The Bertz CT molecular complexity index is 868. The van der Waals surface area contributed by atoms with Gasteiger partial charge in [-0.1, -0.05) is 23.7 Å². The van der Waals surface area contributed by atoms with Crippen LogP contribution >= 0.6 is 11.6 Å². The Balaban J connectivity index is 1.70. The lowest BCUT2D eigenvalue weighted by Crippen LogP contribution is -2.28. The fraction of sp³-hybridized carbons (Fsp3) is 0.167. The Morgan fingerprint density at radius 1 is 1.12 bits per heavy atom. The maximum absolute atomic E-state index is 6.12. The molecule has 0 aliphatic carbocycles. The topological polar surface area (TPSA) is 45.2 Å². The van der Waals surface area contributed by atoms with E-state index < -0.39 is 0 Å². The third-order valence-electron chi connectivity index (χ3n) is 4.07. The molecule has 1 aliphatic rings. The molecule has 0 atom stereocenters. The van der Waals surface area contributed by atoms with Gasteiger partial charge in [-0.15, -0.1) is 0 Å². The molecule has 0 unspecified atom stereocenters. The second-order valence-corrected chi connectivity index (χ2v) is 6.27. The molecule has 0 saturated heterocycles. The number of rotatable bonds is 3. The van der Waals surface area contributed by atoms with Gasteiger partial charge >= 0.3 is 0 Å². The zero-order valence-corrected chi connectivity index (χ0v) is 14.0. The molecule has 120 valence electrons. The summed E-state index contributed by atoms with van der Waals surface area (Å²) in [5.41, 5.74) is 4.15. The number of fused-ring (bicyclic) bond motifs is 1. The van der Waals surface area contributed by atoms with Crippen LogP contribution in [0.1, 0.15) is 5.69 Å². The Hall–Kier alpha value is -2.66. The average molecular weight is 338 g/mol.